The highest BCUT2D eigenvalue weighted by Gasteiger charge is 2.31. The molecule has 1 rings (SSSR count). The summed E-state index contributed by atoms with van der Waals surface area (Å²) in [6.07, 6.45) is 0.717. The van der Waals surface area contributed by atoms with Gasteiger partial charge in [-0.25, -0.2) is 0 Å². The number of benzene rings is 1. The summed E-state index contributed by atoms with van der Waals surface area (Å²) in [5.74, 6) is -0.268. The quantitative estimate of drug-likeness (QED) is 0.558. The second kappa shape index (κ2) is 4.39. The van der Waals surface area contributed by atoms with Crippen molar-refractivity contribution >= 4 is 12.1 Å². The lowest BCUT2D eigenvalue weighted by molar-refractivity contribution is -0.133. The normalized spacial score (nSPS) is 13.3. The molecule has 0 radical (unpaired) electrons. The molecule has 0 fully saturated rings. The van der Waals surface area contributed by atoms with Gasteiger partial charge >= 0.3 is 0 Å². The van der Waals surface area contributed by atoms with Crippen LogP contribution in [-0.2, 0) is 9.59 Å². The summed E-state index contributed by atoms with van der Waals surface area (Å²) in [7, 11) is 0. The van der Waals surface area contributed by atoms with Crippen LogP contribution in [0.4, 0.5) is 0 Å². The smallest absolute Gasteiger partial charge is 0.152 e. The number of rotatable bonds is 4. The Hall–Kier alpha value is -1.44. The van der Waals surface area contributed by atoms with E-state index in [4.69, 9.17) is 0 Å². The van der Waals surface area contributed by atoms with E-state index in [0.29, 0.717) is 0 Å². The number of aldehydes is 1. The number of hydrogen-bond donors (Lipinski definition) is 0. The number of carbonyl (C=O) groups is 2. The molecule has 0 aliphatic heterocycles. The molecule has 0 bridgehead atoms. The molecule has 0 aliphatic carbocycles. The van der Waals surface area contributed by atoms with Gasteiger partial charge in [-0.3, -0.25) is 4.79 Å². The highest BCUT2D eigenvalue weighted by atomic mass is 16.1. The van der Waals surface area contributed by atoms with Crippen molar-refractivity contribution < 1.29 is 9.59 Å². The Kier molecular flexibility index (Phi) is 3.40. The molecule has 1 unspecified atom stereocenters. The molecule has 1 aromatic carbocycles. The van der Waals surface area contributed by atoms with Crippen LogP contribution >= 0.6 is 0 Å². The highest BCUT2D eigenvalue weighted by Crippen LogP contribution is 2.25. The van der Waals surface area contributed by atoms with Crippen LogP contribution in [0.15, 0.2) is 30.3 Å². The zero-order chi connectivity index (χ0) is 11.5. The number of Topliss-reactive ketones (excluding diaryl/α,β-unsaturated/α-hetero) is 1. The van der Waals surface area contributed by atoms with Crippen LogP contribution in [0.3, 0.4) is 0 Å². The van der Waals surface area contributed by atoms with Crippen molar-refractivity contribution in [2.24, 2.45) is 5.41 Å². The van der Waals surface area contributed by atoms with E-state index in [1.165, 1.54) is 0 Å². The summed E-state index contributed by atoms with van der Waals surface area (Å²) in [6.45, 7) is 5.15. The molecule has 0 saturated heterocycles. The first-order valence-corrected chi connectivity index (χ1v) is 5.04. The van der Waals surface area contributed by atoms with Gasteiger partial charge in [0, 0.05) is 5.92 Å². The number of carbonyl (C=O) groups excluding carboxylic acids is 2. The zero-order valence-corrected chi connectivity index (χ0v) is 9.36. The molecule has 0 N–H and O–H groups in total. The van der Waals surface area contributed by atoms with Gasteiger partial charge in [-0.05, 0) is 19.4 Å². The fourth-order valence-electron chi connectivity index (χ4n) is 1.51. The first-order chi connectivity index (χ1) is 6.99. The molecule has 0 heterocycles. The van der Waals surface area contributed by atoms with Gasteiger partial charge in [-0.1, -0.05) is 37.3 Å². The van der Waals surface area contributed by atoms with Crippen LogP contribution < -0.4 is 0 Å². The topological polar surface area (TPSA) is 34.1 Å². The van der Waals surface area contributed by atoms with E-state index in [1.807, 2.05) is 37.3 Å². The molecule has 2 heteroatoms. The van der Waals surface area contributed by atoms with E-state index in [1.54, 1.807) is 13.8 Å². The van der Waals surface area contributed by atoms with E-state index in [-0.39, 0.29) is 11.7 Å². The molecule has 0 aromatic heterocycles. The Morgan fingerprint density at radius 2 is 1.80 bits per heavy atom. The minimum absolute atomic E-state index is 0.0382. The minimum atomic E-state index is -0.894. The summed E-state index contributed by atoms with van der Waals surface area (Å²) in [6, 6.07) is 9.51. The third kappa shape index (κ3) is 2.52. The molecule has 15 heavy (non-hydrogen) atoms. The zero-order valence-electron chi connectivity index (χ0n) is 9.36. The van der Waals surface area contributed by atoms with Gasteiger partial charge in [0.2, 0.25) is 0 Å². The highest BCUT2D eigenvalue weighted by molar-refractivity contribution is 6.00. The van der Waals surface area contributed by atoms with Gasteiger partial charge in [0.25, 0.3) is 0 Å². The monoisotopic (exact) mass is 204 g/mol. The van der Waals surface area contributed by atoms with E-state index in [2.05, 4.69) is 0 Å². The standard InChI is InChI=1S/C13H16O2/c1-10(11-7-5-4-6-8-11)12(15)13(2,3)9-14/h4-10H,1-3H3. The summed E-state index contributed by atoms with van der Waals surface area (Å²) in [5, 5.41) is 0. The molecular formula is C13H16O2. The lowest BCUT2D eigenvalue weighted by Crippen LogP contribution is -2.29. The van der Waals surface area contributed by atoms with Crippen LogP contribution in [0.25, 0.3) is 0 Å². The van der Waals surface area contributed by atoms with Crippen LogP contribution in [0.5, 0.6) is 0 Å². The molecule has 0 aliphatic rings. The third-order valence-electron chi connectivity index (χ3n) is 2.62. The Balaban J connectivity index is 2.92. The van der Waals surface area contributed by atoms with Crippen molar-refractivity contribution in [3.8, 4) is 0 Å². The van der Waals surface area contributed by atoms with Crippen molar-refractivity contribution in [3.63, 3.8) is 0 Å². The molecule has 0 spiro atoms. The van der Waals surface area contributed by atoms with Crippen molar-refractivity contribution in [2.75, 3.05) is 0 Å². The number of hydrogen-bond acceptors (Lipinski definition) is 2. The molecular weight excluding hydrogens is 188 g/mol. The molecule has 1 aromatic rings. The molecule has 2 nitrogen and oxygen atoms in total. The minimum Gasteiger partial charge on any atom is -0.302 e. The summed E-state index contributed by atoms with van der Waals surface area (Å²) >= 11 is 0. The fraction of sp³-hybridized carbons (Fsp3) is 0.385. The van der Waals surface area contributed by atoms with Crippen molar-refractivity contribution in [3.05, 3.63) is 35.9 Å². The maximum Gasteiger partial charge on any atom is 0.152 e. The SMILES string of the molecule is CC(C(=O)C(C)(C)C=O)c1ccccc1. The second-order valence-corrected chi connectivity index (χ2v) is 4.34. The molecule has 1 atom stereocenters. The summed E-state index contributed by atoms with van der Waals surface area (Å²) in [4.78, 5) is 22.7. The van der Waals surface area contributed by atoms with E-state index in [0.717, 1.165) is 11.8 Å². The second-order valence-electron chi connectivity index (χ2n) is 4.34. The van der Waals surface area contributed by atoms with E-state index >= 15 is 0 Å². The average Bonchev–Trinajstić information content (AvgIpc) is 2.28. The maximum absolute atomic E-state index is 12.0. The van der Waals surface area contributed by atoms with Crippen LogP contribution in [0.1, 0.15) is 32.3 Å². The third-order valence-corrected chi connectivity index (χ3v) is 2.62. The predicted molar refractivity (Wildman–Crippen MR) is 59.7 cm³/mol. The first-order valence-electron chi connectivity index (χ1n) is 5.04. The molecule has 0 amide bonds. The Morgan fingerprint density at radius 1 is 1.27 bits per heavy atom. The number of ketones is 1. The summed E-state index contributed by atoms with van der Waals surface area (Å²) in [5.41, 5.74) is 0.0624. The van der Waals surface area contributed by atoms with Crippen LogP contribution in [0.2, 0.25) is 0 Å². The van der Waals surface area contributed by atoms with Gasteiger partial charge < -0.3 is 4.79 Å². The fourth-order valence-corrected chi connectivity index (χ4v) is 1.51. The average molecular weight is 204 g/mol. The van der Waals surface area contributed by atoms with Gasteiger partial charge in [0.05, 0.1) is 5.41 Å². The van der Waals surface area contributed by atoms with Gasteiger partial charge in [-0.15, -0.1) is 0 Å². The van der Waals surface area contributed by atoms with E-state index < -0.39 is 5.41 Å². The van der Waals surface area contributed by atoms with E-state index in [9.17, 15) is 9.59 Å². The Bertz CT molecular complexity index is 352. The lowest BCUT2D eigenvalue weighted by Gasteiger charge is -2.20. The Morgan fingerprint density at radius 3 is 2.27 bits per heavy atom. The predicted octanol–water partition coefficient (Wildman–Crippen LogP) is 2.58. The first kappa shape index (κ1) is 11.6. The van der Waals surface area contributed by atoms with Crippen molar-refractivity contribution in [2.45, 2.75) is 26.7 Å². The van der Waals surface area contributed by atoms with Crippen molar-refractivity contribution in [1.29, 1.82) is 0 Å². The van der Waals surface area contributed by atoms with Crippen molar-refractivity contribution in [1.82, 2.24) is 0 Å². The van der Waals surface area contributed by atoms with Crippen LogP contribution in [-0.4, -0.2) is 12.1 Å². The molecule has 80 valence electrons. The Labute approximate surface area is 90.3 Å². The van der Waals surface area contributed by atoms with Crippen LogP contribution in [0, 0.1) is 5.41 Å². The largest absolute Gasteiger partial charge is 0.302 e. The van der Waals surface area contributed by atoms with Gasteiger partial charge in [0.1, 0.15) is 6.29 Å². The summed E-state index contributed by atoms with van der Waals surface area (Å²) < 4.78 is 0. The van der Waals surface area contributed by atoms with Gasteiger partial charge in [-0.2, -0.15) is 0 Å². The lowest BCUT2D eigenvalue weighted by atomic mass is 9.80. The van der Waals surface area contributed by atoms with Gasteiger partial charge in [0.15, 0.2) is 5.78 Å². The molecule has 0 saturated carbocycles. The maximum atomic E-state index is 12.0.